The summed E-state index contributed by atoms with van der Waals surface area (Å²) in [5.74, 6) is -0.554. The molecule has 0 unspecified atom stereocenters. The van der Waals surface area contributed by atoms with Gasteiger partial charge in [-0.25, -0.2) is 9.78 Å². The van der Waals surface area contributed by atoms with Crippen LogP contribution < -0.4 is 0 Å². The molecule has 0 aliphatic carbocycles. The van der Waals surface area contributed by atoms with Crippen LogP contribution in [0.4, 0.5) is 4.79 Å². The zero-order chi connectivity index (χ0) is 16.2. The summed E-state index contributed by atoms with van der Waals surface area (Å²) >= 11 is 0.998. The molecular weight excluding hydrogens is 292 g/mol. The summed E-state index contributed by atoms with van der Waals surface area (Å²) in [7, 11) is 3.24. The Morgan fingerprint density at radius 2 is 2.00 bits per heavy atom. The van der Waals surface area contributed by atoms with Crippen molar-refractivity contribution in [2.75, 3.05) is 19.8 Å². The summed E-state index contributed by atoms with van der Waals surface area (Å²) in [6.07, 6.45) is 1.86. The molecule has 0 radical (unpaired) electrons. The van der Waals surface area contributed by atoms with Crippen molar-refractivity contribution in [3.63, 3.8) is 0 Å². The summed E-state index contributed by atoms with van der Waals surface area (Å²) in [5.41, 5.74) is -0.259. The number of aromatic nitrogens is 3. The average molecular weight is 314 g/mol. The van der Waals surface area contributed by atoms with E-state index in [1.165, 1.54) is 9.58 Å². The summed E-state index contributed by atoms with van der Waals surface area (Å²) in [6, 6.07) is -0.339. The van der Waals surface area contributed by atoms with Crippen molar-refractivity contribution in [2.24, 2.45) is 0 Å². The first-order valence-corrected chi connectivity index (χ1v) is 7.71. The van der Waals surface area contributed by atoms with Gasteiger partial charge in [0, 0.05) is 19.5 Å². The molecule has 1 aromatic heterocycles. The predicted molar refractivity (Wildman–Crippen MR) is 80.8 cm³/mol. The van der Waals surface area contributed by atoms with Crippen LogP contribution in [0.15, 0.2) is 5.16 Å². The Bertz CT molecular complexity index is 525. The van der Waals surface area contributed by atoms with E-state index in [-0.39, 0.29) is 17.2 Å². The first-order valence-electron chi connectivity index (χ1n) is 6.72. The van der Waals surface area contributed by atoms with Crippen molar-refractivity contribution in [1.29, 1.82) is 0 Å². The molecule has 0 bridgehead atoms. The topological polar surface area (TPSA) is 88.3 Å². The maximum absolute atomic E-state index is 12.1. The molecule has 0 aliphatic heterocycles. The first-order chi connectivity index (χ1) is 9.69. The molecule has 0 aliphatic rings. The van der Waals surface area contributed by atoms with Crippen molar-refractivity contribution in [1.82, 2.24) is 19.7 Å². The Morgan fingerprint density at radius 3 is 2.48 bits per heavy atom. The number of carbonyl (C=O) groups is 2. The summed E-state index contributed by atoms with van der Waals surface area (Å²) in [5, 5.41) is 13.4. The monoisotopic (exact) mass is 314 g/mol. The number of hydrogen-bond donors (Lipinski definition) is 1. The molecule has 1 aromatic rings. The third kappa shape index (κ3) is 4.45. The lowest BCUT2D eigenvalue weighted by molar-refractivity contribution is -0.133. The van der Waals surface area contributed by atoms with E-state index < -0.39 is 5.97 Å². The highest BCUT2D eigenvalue weighted by atomic mass is 32.2. The van der Waals surface area contributed by atoms with Gasteiger partial charge in [0.25, 0.3) is 0 Å². The van der Waals surface area contributed by atoms with E-state index in [1.54, 1.807) is 14.1 Å². The summed E-state index contributed by atoms with van der Waals surface area (Å²) < 4.78 is 1.18. The number of aliphatic carboxylic acids is 1. The second kappa shape index (κ2) is 6.93. The minimum Gasteiger partial charge on any atom is -0.481 e. The molecule has 0 spiro atoms. The Hall–Kier alpha value is -1.57. The second-order valence-electron chi connectivity index (χ2n) is 5.62. The fraction of sp³-hybridized carbons (Fsp3) is 0.692. The van der Waals surface area contributed by atoms with Gasteiger partial charge in [-0.1, -0.05) is 39.0 Å². The van der Waals surface area contributed by atoms with Crippen LogP contribution in [-0.2, 0) is 10.2 Å². The van der Waals surface area contributed by atoms with Gasteiger partial charge < -0.3 is 10.0 Å². The molecule has 0 saturated heterocycles. The zero-order valence-corrected chi connectivity index (χ0v) is 13.9. The van der Waals surface area contributed by atoms with Crippen molar-refractivity contribution < 1.29 is 14.7 Å². The molecule has 1 amide bonds. The van der Waals surface area contributed by atoms with E-state index in [1.807, 2.05) is 13.8 Å². The van der Waals surface area contributed by atoms with E-state index in [4.69, 9.17) is 5.11 Å². The number of carbonyl (C=O) groups excluding carboxylic acids is 1. The first kappa shape index (κ1) is 17.5. The van der Waals surface area contributed by atoms with E-state index in [0.717, 1.165) is 24.6 Å². The molecule has 0 aromatic carbocycles. The van der Waals surface area contributed by atoms with Crippen molar-refractivity contribution in [2.45, 2.75) is 44.2 Å². The lowest BCUT2D eigenvalue weighted by Crippen LogP contribution is -2.29. The molecule has 1 heterocycles. The third-order valence-electron chi connectivity index (χ3n) is 2.95. The molecule has 0 fully saturated rings. The molecule has 21 heavy (non-hydrogen) atoms. The Kier molecular flexibility index (Phi) is 5.77. The van der Waals surface area contributed by atoms with Gasteiger partial charge >= 0.3 is 12.0 Å². The normalized spacial score (nSPS) is 11.5. The molecule has 1 rings (SSSR count). The van der Waals surface area contributed by atoms with Crippen LogP contribution in [0.25, 0.3) is 0 Å². The predicted octanol–water partition coefficient (Wildman–Crippen LogP) is 2.06. The van der Waals surface area contributed by atoms with Gasteiger partial charge in [0.2, 0.25) is 0 Å². The lowest BCUT2D eigenvalue weighted by atomic mass is 9.87. The van der Waals surface area contributed by atoms with Crippen LogP contribution in [0.1, 0.15) is 39.4 Å². The van der Waals surface area contributed by atoms with E-state index in [0.29, 0.717) is 11.0 Å². The van der Waals surface area contributed by atoms with Gasteiger partial charge in [0.15, 0.2) is 11.0 Å². The van der Waals surface area contributed by atoms with E-state index in [9.17, 15) is 9.59 Å². The highest BCUT2D eigenvalue weighted by molar-refractivity contribution is 7.99. The van der Waals surface area contributed by atoms with Gasteiger partial charge in [0.1, 0.15) is 0 Å². The van der Waals surface area contributed by atoms with Crippen molar-refractivity contribution >= 4 is 23.8 Å². The Labute approximate surface area is 128 Å². The lowest BCUT2D eigenvalue weighted by Gasteiger charge is -2.19. The van der Waals surface area contributed by atoms with E-state index in [2.05, 4.69) is 17.0 Å². The van der Waals surface area contributed by atoms with Gasteiger partial charge in [-0.05, 0) is 6.42 Å². The average Bonchev–Trinajstić information content (AvgIpc) is 2.79. The number of thioether (sulfide) groups is 1. The number of hydrogen-bond acceptors (Lipinski definition) is 5. The molecule has 0 saturated carbocycles. The molecule has 0 atom stereocenters. The van der Waals surface area contributed by atoms with Crippen molar-refractivity contribution in [3.8, 4) is 0 Å². The van der Waals surface area contributed by atoms with Gasteiger partial charge in [-0.15, -0.1) is 5.10 Å². The Balaban J connectivity index is 3.17. The largest absolute Gasteiger partial charge is 0.481 e. The van der Waals surface area contributed by atoms with Gasteiger partial charge in [-0.3, -0.25) is 4.79 Å². The standard InChI is InChI=1S/C13H22N4O3S/c1-6-7-13(2,3)10-14-11(21-8-9(18)19)17(15-10)12(20)16(4)5/h6-8H2,1-5H3,(H,18,19). The highest BCUT2D eigenvalue weighted by Crippen LogP contribution is 2.28. The second-order valence-corrected chi connectivity index (χ2v) is 6.57. The van der Waals surface area contributed by atoms with Crippen LogP contribution in [0.3, 0.4) is 0 Å². The minimum absolute atomic E-state index is 0.160. The smallest absolute Gasteiger partial charge is 0.346 e. The molecule has 7 nitrogen and oxygen atoms in total. The molecular formula is C13H22N4O3S. The van der Waals surface area contributed by atoms with Crippen LogP contribution >= 0.6 is 11.8 Å². The Morgan fingerprint density at radius 1 is 1.38 bits per heavy atom. The number of amides is 1. The maximum Gasteiger partial charge on any atom is 0.346 e. The maximum atomic E-state index is 12.1. The van der Waals surface area contributed by atoms with Crippen LogP contribution in [0, 0.1) is 0 Å². The van der Waals surface area contributed by atoms with Gasteiger partial charge in [0.05, 0.1) is 5.75 Å². The molecule has 8 heteroatoms. The highest BCUT2D eigenvalue weighted by Gasteiger charge is 2.28. The van der Waals surface area contributed by atoms with Crippen LogP contribution in [-0.4, -0.2) is 56.6 Å². The number of nitrogens with zero attached hydrogens (tertiary/aromatic N) is 4. The van der Waals surface area contributed by atoms with Gasteiger partial charge in [-0.2, -0.15) is 4.68 Å². The minimum atomic E-state index is -0.957. The molecule has 118 valence electrons. The SMILES string of the molecule is CCCC(C)(C)c1nc(SCC(=O)O)n(C(=O)N(C)C)n1. The van der Waals surface area contributed by atoms with Crippen LogP contribution in [0.5, 0.6) is 0 Å². The van der Waals surface area contributed by atoms with Crippen molar-refractivity contribution in [3.05, 3.63) is 5.82 Å². The van der Waals surface area contributed by atoms with Crippen LogP contribution in [0.2, 0.25) is 0 Å². The summed E-state index contributed by atoms with van der Waals surface area (Å²) in [4.78, 5) is 28.6. The molecule has 1 N–H and O–H groups in total. The third-order valence-corrected chi connectivity index (χ3v) is 3.86. The van der Waals surface area contributed by atoms with E-state index >= 15 is 0 Å². The quantitative estimate of drug-likeness (QED) is 0.809. The number of carboxylic acid groups (broad SMARTS) is 1. The fourth-order valence-electron chi connectivity index (χ4n) is 1.86. The zero-order valence-electron chi connectivity index (χ0n) is 13.1. The number of carboxylic acids is 1. The number of rotatable bonds is 6. The summed E-state index contributed by atoms with van der Waals surface area (Å²) in [6.45, 7) is 6.10. The fourth-order valence-corrected chi connectivity index (χ4v) is 2.50.